The summed E-state index contributed by atoms with van der Waals surface area (Å²) in [6, 6.07) is 0. The van der Waals surface area contributed by atoms with Crippen molar-refractivity contribution in [3.63, 3.8) is 0 Å². The minimum absolute atomic E-state index is 0.155. The van der Waals surface area contributed by atoms with E-state index in [0.29, 0.717) is 17.2 Å². The van der Waals surface area contributed by atoms with Crippen molar-refractivity contribution in [2.45, 2.75) is 58.9 Å². The Balaban J connectivity index is 3.04. The number of nitrogens with zero attached hydrogens (tertiary/aromatic N) is 2. The van der Waals surface area contributed by atoms with E-state index in [1.807, 2.05) is 27.7 Å². The molecule has 1 rings (SSSR count). The zero-order valence-corrected chi connectivity index (χ0v) is 13.4. The molecule has 0 bridgehead atoms. The summed E-state index contributed by atoms with van der Waals surface area (Å²) in [6.07, 6.45) is 3.62. The number of nitrogens with one attached hydrogen (secondary N) is 2. The number of carbonyl (C=O) groups is 1. The van der Waals surface area contributed by atoms with Gasteiger partial charge in [-0.3, -0.25) is 4.79 Å². The van der Waals surface area contributed by atoms with Gasteiger partial charge in [0.1, 0.15) is 5.82 Å². The van der Waals surface area contributed by atoms with Gasteiger partial charge in [-0.15, -0.1) is 0 Å². The monoisotopic (exact) mass is 278 g/mol. The average Bonchev–Trinajstić information content (AvgIpc) is 2.37. The molecule has 5 heteroatoms. The van der Waals surface area contributed by atoms with Gasteiger partial charge in [0.05, 0.1) is 11.9 Å². The molecule has 1 heterocycles. The minimum Gasteiger partial charge on any atom is -0.385 e. The van der Waals surface area contributed by atoms with Crippen LogP contribution in [0.5, 0.6) is 0 Å². The van der Waals surface area contributed by atoms with Crippen LogP contribution in [0.3, 0.4) is 0 Å². The Kier molecular flexibility index (Phi) is 5.48. The van der Waals surface area contributed by atoms with Crippen LogP contribution in [-0.4, -0.2) is 28.5 Å². The standard InChI is InChI=1S/C15H26N4O/c1-7-8-15(4,5)19-14(20)12-11(16-6)9-17-13(18-12)10(2)3/h9-10,16H,7-8H2,1-6H3,(H,19,20). The zero-order valence-electron chi connectivity index (χ0n) is 13.4. The van der Waals surface area contributed by atoms with Crippen LogP contribution in [0.25, 0.3) is 0 Å². The van der Waals surface area contributed by atoms with Gasteiger partial charge in [-0.05, 0) is 20.3 Å². The molecule has 0 unspecified atom stereocenters. The number of rotatable bonds is 6. The molecule has 0 aliphatic heterocycles. The molecule has 5 nitrogen and oxygen atoms in total. The van der Waals surface area contributed by atoms with Gasteiger partial charge in [-0.25, -0.2) is 9.97 Å². The summed E-state index contributed by atoms with van der Waals surface area (Å²) in [5, 5.41) is 6.02. The highest BCUT2D eigenvalue weighted by Gasteiger charge is 2.23. The predicted octanol–water partition coefficient (Wildman–Crippen LogP) is 2.95. The maximum Gasteiger partial charge on any atom is 0.272 e. The molecule has 1 aromatic rings. The first kappa shape index (κ1) is 16.4. The van der Waals surface area contributed by atoms with E-state index in [9.17, 15) is 4.79 Å². The van der Waals surface area contributed by atoms with Gasteiger partial charge in [0.15, 0.2) is 5.69 Å². The van der Waals surface area contributed by atoms with Gasteiger partial charge < -0.3 is 10.6 Å². The number of hydrogen-bond donors (Lipinski definition) is 2. The van der Waals surface area contributed by atoms with Crippen LogP contribution in [-0.2, 0) is 0 Å². The topological polar surface area (TPSA) is 66.9 Å². The first-order valence-electron chi connectivity index (χ1n) is 7.18. The summed E-state index contributed by atoms with van der Waals surface area (Å²) < 4.78 is 0. The largest absolute Gasteiger partial charge is 0.385 e. The summed E-state index contributed by atoms with van der Waals surface area (Å²) >= 11 is 0. The van der Waals surface area contributed by atoms with Crippen LogP contribution < -0.4 is 10.6 Å². The van der Waals surface area contributed by atoms with Crippen molar-refractivity contribution in [3.05, 3.63) is 17.7 Å². The van der Waals surface area contributed by atoms with Crippen molar-refractivity contribution in [1.29, 1.82) is 0 Å². The molecule has 1 aromatic heterocycles. The fourth-order valence-corrected chi connectivity index (χ4v) is 2.08. The van der Waals surface area contributed by atoms with Crippen molar-refractivity contribution in [1.82, 2.24) is 15.3 Å². The van der Waals surface area contributed by atoms with Crippen molar-refractivity contribution in [2.75, 3.05) is 12.4 Å². The van der Waals surface area contributed by atoms with Crippen LogP contribution in [0.15, 0.2) is 6.20 Å². The number of carbonyl (C=O) groups excluding carboxylic acids is 1. The number of hydrogen-bond acceptors (Lipinski definition) is 4. The molecule has 20 heavy (non-hydrogen) atoms. The van der Waals surface area contributed by atoms with E-state index in [-0.39, 0.29) is 17.4 Å². The third-order valence-corrected chi connectivity index (χ3v) is 3.14. The average molecular weight is 278 g/mol. The smallest absolute Gasteiger partial charge is 0.272 e. The van der Waals surface area contributed by atoms with Crippen LogP contribution in [0.1, 0.15) is 69.7 Å². The van der Waals surface area contributed by atoms with Crippen LogP contribution >= 0.6 is 0 Å². The fourth-order valence-electron chi connectivity index (χ4n) is 2.08. The molecule has 0 aliphatic carbocycles. The number of amides is 1. The molecular weight excluding hydrogens is 252 g/mol. The Labute approximate surface area is 121 Å². The maximum atomic E-state index is 12.4. The molecule has 0 atom stereocenters. The SMILES string of the molecule is CCCC(C)(C)NC(=O)c1nc(C(C)C)ncc1NC. The van der Waals surface area contributed by atoms with E-state index in [4.69, 9.17) is 0 Å². The Hall–Kier alpha value is -1.65. The second-order valence-corrected chi connectivity index (χ2v) is 5.98. The number of aromatic nitrogens is 2. The fraction of sp³-hybridized carbons (Fsp3) is 0.667. The van der Waals surface area contributed by atoms with E-state index < -0.39 is 0 Å². The first-order valence-corrected chi connectivity index (χ1v) is 7.18. The lowest BCUT2D eigenvalue weighted by Gasteiger charge is -2.26. The molecule has 0 saturated carbocycles. The molecule has 1 amide bonds. The lowest BCUT2D eigenvalue weighted by molar-refractivity contribution is 0.0904. The third kappa shape index (κ3) is 4.18. The minimum atomic E-state index is -0.236. The third-order valence-electron chi connectivity index (χ3n) is 3.14. The van der Waals surface area contributed by atoms with Gasteiger partial charge in [0.25, 0.3) is 5.91 Å². The zero-order chi connectivity index (χ0) is 15.3. The molecule has 0 radical (unpaired) electrons. The van der Waals surface area contributed by atoms with Gasteiger partial charge in [0.2, 0.25) is 0 Å². The quantitative estimate of drug-likeness (QED) is 0.839. The molecule has 0 aliphatic rings. The highest BCUT2D eigenvalue weighted by Crippen LogP contribution is 2.18. The summed E-state index contributed by atoms with van der Waals surface area (Å²) in [6.45, 7) is 10.2. The molecule has 0 saturated heterocycles. The highest BCUT2D eigenvalue weighted by molar-refractivity contribution is 5.97. The van der Waals surface area contributed by atoms with Gasteiger partial charge in [-0.2, -0.15) is 0 Å². The lowest BCUT2D eigenvalue weighted by atomic mass is 9.98. The molecular formula is C15H26N4O. The van der Waals surface area contributed by atoms with Crippen LogP contribution in [0.4, 0.5) is 5.69 Å². The Bertz CT molecular complexity index is 469. The van der Waals surface area contributed by atoms with Gasteiger partial charge >= 0.3 is 0 Å². The molecule has 0 fully saturated rings. The highest BCUT2D eigenvalue weighted by atomic mass is 16.2. The summed E-state index contributed by atoms with van der Waals surface area (Å²) in [4.78, 5) is 21.1. The second kappa shape index (κ2) is 6.68. The van der Waals surface area contributed by atoms with Crippen molar-refractivity contribution >= 4 is 11.6 Å². The normalized spacial score (nSPS) is 11.6. The molecule has 112 valence electrons. The summed E-state index contributed by atoms with van der Waals surface area (Å²) in [7, 11) is 1.77. The van der Waals surface area contributed by atoms with Crippen molar-refractivity contribution in [2.24, 2.45) is 0 Å². The Morgan fingerprint density at radius 2 is 2.05 bits per heavy atom. The van der Waals surface area contributed by atoms with E-state index in [1.54, 1.807) is 13.2 Å². The lowest BCUT2D eigenvalue weighted by Crippen LogP contribution is -2.43. The van der Waals surface area contributed by atoms with Crippen molar-refractivity contribution in [3.8, 4) is 0 Å². The number of anilines is 1. The first-order chi connectivity index (χ1) is 9.30. The molecule has 0 aromatic carbocycles. The van der Waals surface area contributed by atoms with E-state index in [0.717, 1.165) is 12.8 Å². The van der Waals surface area contributed by atoms with E-state index in [1.165, 1.54) is 0 Å². The van der Waals surface area contributed by atoms with Crippen LogP contribution in [0, 0.1) is 0 Å². The van der Waals surface area contributed by atoms with Crippen LogP contribution in [0.2, 0.25) is 0 Å². The van der Waals surface area contributed by atoms with E-state index in [2.05, 4.69) is 27.5 Å². The van der Waals surface area contributed by atoms with Gasteiger partial charge in [0, 0.05) is 18.5 Å². The van der Waals surface area contributed by atoms with E-state index >= 15 is 0 Å². The predicted molar refractivity (Wildman–Crippen MR) is 82.1 cm³/mol. The summed E-state index contributed by atoms with van der Waals surface area (Å²) in [5.74, 6) is 0.718. The van der Waals surface area contributed by atoms with Gasteiger partial charge in [-0.1, -0.05) is 27.2 Å². The molecule has 0 spiro atoms. The Morgan fingerprint density at radius 3 is 2.55 bits per heavy atom. The maximum absolute atomic E-state index is 12.4. The van der Waals surface area contributed by atoms with Crippen molar-refractivity contribution < 1.29 is 4.79 Å². The second-order valence-electron chi connectivity index (χ2n) is 5.98. The summed E-state index contributed by atoms with van der Waals surface area (Å²) in [5.41, 5.74) is 0.828. The Morgan fingerprint density at radius 1 is 1.40 bits per heavy atom. The molecule has 2 N–H and O–H groups in total.